The molecule has 2 aromatic rings. The summed E-state index contributed by atoms with van der Waals surface area (Å²) in [5, 5.41) is 7.04. The minimum absolute atomic E-state index is 0.208. The Balaban J connectivity index is 1.57. The maximum Gasteiger partial charge on any atom is 0.227 e. The number of halogens is 1. The van der Waals surface area contributed by atoms with Crippen molar-refractivity contribution in [3.8, 4) is 0 Å². The summed E-state index contributed by atoms with van der Waals surface area (Å²) < 4.78 is 0. The van der Waals surface area contributed by atoms with Crippen molar-refractivity contribution in [2.75, 3.05) is 18.0 Å². The molecule has 0 unspecified atom stereocenters. The van der Waals surface area contributed by atoms with E-state index in [9.17, 15) is 4.79 Å². The normalized spacial score (nSPS) is 14.5. The third-order valence-corrected chi connectivity index (χ3v) is 4.56. The van der Waals surface area contributed by atoms with Gasteiger partial charge in [-0.3, -0.25) is 4.79 Å². The van der Waals surface area contributed by atoms with E-state index in [0.29, 0.717) is 24.7 Å². The third kappa shape index (κ3) is 5.44. The zero-order valence-corrected chi connectivity index (χ0v) is 16.2. The molecule has 1 aliphatic rings. The summed E-state index contributed by atoms with van der Waals surface area (Å²) in [6, 6.07) is 11.8. The van der Waals surface area contributed by atoms with Gasteiger partial charge < -0.3 is 15.5 Å². The van der Waals surface area contributed by atoms with Crippen LogP contribution in [0.3, 0.4) is 0 Å². The van der Waals surface area contributed by atoms with Gasteiger partial charge in [0.15, 0.2) is 5.96 Å². The van der Waals surface area contributed by atoms with Crippen LogP contribution in [-0.2, 0) is 17.9 Å². The van der Waals surface area contributed by atoms with Crippen molar-refractivity contribution < 1.29 is 4.79 Å². The van der Waals surface area contributed by atoms with Crippen LogP contribution < -0.4 is 15.5 Å². The van der Waals surface area contributed by atoms with Gasteiger partial charge in [0.1, 0.15) is 5.15 Å². The van der Waals surface area contributed by atoms with Crippen molar-refractivity contribution in [1.82, 2.24) is 15.6 Å². The van der Waals surface area contributed by atoms with Crippen LogP contribution in [0.2, 0.25) is 5.15 Å². The molecule has 6 nitrogen and oxygen atoms in total. The molecule has 0 bridgehead atoms. The summed E-state index contributed by atoms with van der Waals surface area (Å²) in [4.78, 5) is 22.3. The quantitative estimate of drug-likeness (QED) is 0.455. The van der Waals surface area contributed by atoms with Gasteiger partial charge in [0.25, 0.3) is 0 Å². The highest BCUT2D eigenvalue weighted by molar-refractivity contribution is 6.29. The van der Waals surface area contributed by atoms with E-state index >= 15 is 0 Å². The highest BCUT2D eigenvalue weighted by Gasteiger charge is 2.21. The number of anilines is 1. The molecule has 1 fully saturated rings. The summed E-state index contributed by atoms with van der Waals surface area (Å²) in [5.41, 5.74) is 3.09. The van der Waals surface area contributed by atoms with Crippen molar-refractivity contribution in [3.63, 3.8) is 0 Å². The maximum absolute atomic E-state index is 11.8. The van der Waals surface area contributed by atoms with Crippen molar-refractivity contribution in [2.24, 2.45) is 4.99 Å². The van der Waals surface area contributed by atoms with Crippen molar-refractivity contribution >= 4 is 29.2 Å². The van der Waals surface area contributed by atoms with Crippen LogP contribution in [0.5, 0.6) is 0 Å². The zero-order chi connectivity index (χ0) is 19.1. The average Bonchev–Trinajstić information content (AvgIpc) is 3.11. The molecule has 142 valence electrons. The van der Waals surface area contributed by atoms with Gasteiger partial charge in [0.05, 0.1) is 6.54 Å². The number of carbonyl (C=O) groups excluding carboxylic acids is 1. The van der Waals surface area contributed by atoms with Crippen LogP contribution >= 0.6 is 11.6 Å². The first-order valence-corrected chi connectivity index (χ1v) is 9.55. The molecule has 2 N–H and O–H groups in total. The molecule has 1 aromatic carbocycles. The lowest BCUT2D eigenvalue weighted by molar-refractivity contribution is -0.117. The molecule has 3 rings (SSSR count). The molecule has 7 heteroatoms. The molecular formula is C20H24ClN5O. The van der Waals surface area contributed by atoms with Gasteiger partial charge in [-0.15, -0.1) is 0 Å². The average molecular weight is 386 g/mol. The summed E-state index contributed by atoms with van der Waals surface area (Å²) in [6.07, 6.45) is 3.32. The Morgan fingerprint density at radius 2 is 1.96 bits per heavy atom. The Labute approximate surface area is 164 Å². The fraction of sp³-hybridized carbons (Fsp3) is 0.350. The first kappa shape index (κ1) is 19.2. The van der Waals surface area contributed by atoms with Crippen molar-refractivity contribution in [3.05, 3.63) is 58.9 Å². The fourth-order valence-electron chi connectivity index (χ4n) is 2.91. The Bertz CT molecular complexity index is 789. The second-order valence-corrected chi connectivity index (χ2v) is 6.74. The summed E-state index contributed by atoms with van der Waals surface area (Å²) in [7, 11) is 0. The molecular weight excluding hydrogens is 362 g/mol. The number of aliphatic imine (C=N–C) groups is 1. The number of hydrogen-bond donors (Lipinski definition) is 2. The van der Waals surface area contributed by atoms with Crippen LogP contribution in [0.15, 0.2) is 47.6 Å². The Kier molecular flexibility index (Phi) is 6.65. The lowest BCUT2D eigenvalue weighted by Crippen LogP contribution is -2.36. The Hall–Kier alpha value is -2.60. The van der Waals surface area contributed by atoms with Gasteiger partial charge in [0.2, 0.25) is 5.91 Å². The number of rotatable bonds is 6. The van der Waals surface area contributed by atoms with Gasteiger partial charge in [-0.25, -0.2) is 9.98 Å². The molecule has 0 saturated carbocycles. The molecule has 0 radical (unpaired) electrons. The van der Waals surface area contributed by atoms with Crippen LogP contribution in [0, 0.1) is 0 Å². The Morgan fingerprint density at radius 3 is 2.59 bits per heavy atom. The van der Waals surface area contributed by atoms with Gasteiger partial charge in [-0.1, -0.05) is 29.8 Å². The minimum atomic E-state index is 0.208. The largest absolute Gasteiger partial charge is 0.357 e. The number of aromatic nitrogens is 1. The molecule has 27 heavy (non-hydrogen) atoms. The first-order valence-electron chi connectivity index (χ1n) is 9.17. The van der Waals surface area contributed by atoms with Crippen LogP contribution in [0.25, 0.3) is 0 Å². The molecule has 0 spiro atoms. The molecule has 0 atom stereocenters. The number of carbonyl (C=O) groups is 1. The van der Waals surface area contributed by atoms with Crippen molar-refractivity contribution in [1.29, 1.82) is 0 Å². The molecule has 1 aromatic heterocycles. The molecule has 2 heterocycles. The number of guanidine groups is 1. The fourth-order valence-corrected chi connectivity index (χ4v) is 3.02. The standard InChI is InChI=1S/C20H24ClN5O/c1-2-22-20(25-14-16-7-10-18(21)23-13-16)24-12-15-5-8-17(9-6-15)26-11-3-4-19(26)27/h5-10,13H,2-4,11-12,14H2,1H3,(H2,22,24,25). The number of nitrogens with one attached hydrogen (secondary N) is 2. The highest BCUT2D eigenvalue weighted by Crippen LogP contribution is 2.21. The molecule has 1 saturated heterocycles. The van der Waals surface area contributed by atoms with E-state index in [0.717, 1.165) is 42.3 Å². The van der Waals surface area contributed by atoms with E-state index < -0.39 is 0 Å². The second-order valence-electron chi connectivity index (χ2n) is 6.35. The third-order valence-electron chi connectivity index (χ3n) is 4.33. The van der Waals surface area contributed by atoms with Crippen molar-refractivity contribution in [2.45, 2.75) is 32.9 Å². The number of hydrogen-bond acceptors (Lipinski definition) is 3. The van der Waals surface area contributed by atoms with E-state index in [1.807, 2.05) is 42.2 Å². The predicted octanol–water partition coefficient (Wildman–Crippen LogP) is 3.12. The van der Waals surface area contributed by atoms with E-state index in [1.165, 1.54) is 0 Å². The van der Waals surface area contributed by atoms with Gasteiger partial charge in [-0.05, 0) is 42.7 Å². The van der Waals surface area contributed by atoms with E-state index in [1.54, 1.807) is 12.3 Å². The lowest BCUT2D eigenvalue weighted by atomic mass is 10.2. The first-order chi connectivity index (χ1) is 13.2. The predicted molar refractivity (Wildman–Crippen MR) is 109 cm³/mol. The lowest BCUT2D eigenvalue weighted by Gasteiger charge is -2.16. The van der Waals surface area contributed by atoms with Gasteiger partial charge in [-0.2, -0.15) is 0 Å². The molecule has 1 amide bonds. The monoisotopic (exact) mass is 385 g/mol. The zero-order valence-electron chi connectivity index (χ0n) is 15.4. The molecule has 1 aliphatic heterocycles. The van der Waals surface area contributed by atoms with Crippen LogP contribution in [-0.4, -0.2) is 29.9 Å². The Morgan fingerprint density at radius 1 is 1.19 bits per heavy atom. The summed E-state index contributed by atoms with van der Waals surface area (Å²) >= 11 is 5.81. The number of amides is 1. The van der Waals surface area contributed by atoms with E-state index in [4.69, 9.17) is 11.6 Å². The second kappa shape index (κ2) is 9.37. The van der Waals surface area contributed by atoms with Crippen LogP contribution in [0.1, 0.15) is 30.9 Å². The van der Waals surface area contributed by atoms with Gasteiger partial charge in [0, 0.05) is 37.9 Å². The number of benzene rings is 1. The summed E-state index contributed by atoms with van der Waals surface area (Å²) in [5.74, 6) is 0.949. The van der Waals surface area contributed by atoms with Gasteiger partial charge >= 0.3 is 0 Å². The SMILES string of the molecule is CCNC(=NCc1ccc(Cl)nc1)NCc1ccc(N2CCCC2=O)cc1. The summed E-state index contributed by atoms with van der Waals surface area (Å²) in [6.45, 7) is 4.80. The molecule has 0 aliphatic carbocycles. The van der Waals surface area contributed by atoms with E-state index in [2.05, 4.69) is 20.6 Å². The highest BCUT2D eigenvalue weighted by atomic mass is 35.5. The minimum Gasteiger partial charge on any atom is -0.357 e. The number of nitrogens with zero attached hydrogens (tertiary/aromatic N) is 3. The van der Waals surface area contributed by atoms with Crippen LogP contribution in [0.4, 0.5) is 5.69 Å². The topological polar surface area (TPSA) is 69.6 Å². The smallest absolute Gasteiger partial charge is 0.227 e. The van der Waals surface area contributed by atoms with E-state index in [-0.39, 0.29) is 5.91 Å². The number of pyridine rings is 1. The maximum atomic E-state index is 11.8.